The molecule has 2 N–H and O–H groups in total. The number of carbonyl (C=O) groups excluding carboxylic acids is 1. The van der Waals surface area contributed by atoms with Crippen molar-refractivity contribution < 1.29 is 9.53 Å². The first-order valence-corrected chi connectivity index (χ1v) is 10.2. The molecule has 0 aromatic heterocycles. The van der Waals surface area contributed by atoms with Crippen molar-refractivity contribution in [1.29, 1.82) is 0 Å². The number of esters is 1. The second-order valence-corrected chi connectivity index (χ2v) is 7.60. The molecule has 0 saturated carbocycles. The van der Waals surface area contributed by atoms with Crippen molar-refractivity contribution in [2.45, 2.75) is 64.3 Å². The summed E-state index contributed by atoms with van der Waals surface area (Å²) in [6, 6.07) is 9.53. The Bertz CT molecular complexity index is 696. The van der Waals surface area contributed by atoms with E-state index in [1.807, 2.05) is 50.3 Å². The fourth-order valence-corrected chi connectivity index (χ4v) is 3.90. The van der Waals surface area contributed by atoms with Gasteiger partial charge in [-0.15, -0.1) is 0 Å². The van der Waals surface area contributed by atoms with Gasteiger partial charge in [-0.3, -0.25) is 4.90 Å². The normalized spacial score (nSPS) is 22.9. The Morgan fingerprint density at radius 3 is 2.71 bits per heavy atom. The van der Waals surface area contributed by atoms with Gasteiger partial charge in [-0.25, -0.2) is 4.79 Å². The van der Waals surface area contributed by atoms with Crippen LogP contribution in [0.1, 0.15) is 51.6 Å². The zero-order valence-electron chi connectivity index (χ0n) is 17.4. The van der Waals surface area contributed by atoms with Gasteiger partial charge < -0.3 is 10.5 Å². The predicted molar refractivity (Wildman–Crippen MR) is 116 cm³/mol. The second-order valence-electron chi connectivity index (χ2n) is 7.60. The predicted octanol–water partition coefficient (Wildman–Crippen LogP) is 4.55. The van der Waals surface area contributed by atoms with E-state index in [-0.39, 0.29) is 12.1 Å². The fraction of sp³-hybridized carbons (Fsp3) is 0.458. The lowest BCUT2D eigenvalue weighted by Gasteiger charge is -2.30. The average molecular weight is 383 g/mol. The Hall–Kier alpha value is -2.17. The summed E-state index contributed by atoms with van der Waals surface area (Å²) in [5, 5.41) is 0. The summed E-state index contributed by atoms with van der Waals surface area (Å²) in [4.78, 5) is 14.9. The summed E-state index contributed by atoms with van der Waals surface area (Å²) in [6.45, 7) is 11.0. The highest BCUT2D eigenvalue weighted by Crippen LogP contribution is 2.29. The van der Waals surface area contributed by atoms with E-state index >= 15 is 0 Å². The van der Waals surface area contributed by atoms with Crippen LogP contribution in [0.25, 0.3) is 0 Å². The molecule has 4 nitrogen and oxygen atoms in total. The summed E-state index contributed by atoms with van der Waals surface area (Å²) in [5.41, 5.74) is 8.09. The maximum atomic E-state index is 12.4. The highest BCUT2D eigenvalue weighted by molar-refractivity contribution is 5.77. The Morgan fingerprint density at radius 1 is 1.36 bits per heavy atom. The molecule has 1 aromatic carbocycles. The second kappa shape index (κ2) is 11.0. The number of carbonyl (C=O) groups is 1. The maximum absolute atomic E-state index is 12.4. The van der Waals surface area contributed by atoms with Crippen LogP contribution in [0.4, 0.5) is 0 Å². The van der Waals surface area contributed by atoms with E-state index in [4.69, 9.17) is 10.5 Å². The third-order valence-electron chi connectivity index (χ3n) is 5.36. The number of nitrogens with zero attached hydrogens (tertiary/aromatic N) is 1. The van der Waals surface area contributed by atoms with Crippen molar-refractivity contribution in [1.82, 2.24) is 4.90 Å². The number of nitrogens with two attached hydrogens (primary N) is 1. The highest BCUT2D eigenvalue weighted by Gasteiger charge is 2.32. The number of rotatable bonds is 9. The number of allylic oxidation sites excluding steroid dienone is 3. The molecular weight excluding hydrogens is 348 g/mol. The van der Waals surface area contributed by atoms with Gasteiger partial charge in [0.25, 0.3) is 0 Å². The van der Waals surface area contributed by atoms with Gasteiger partial charge in [0, 0.05) is 18.6 Å². The minimum Gasteiger partial charge on any atom is -0.461 e. The maximum Gasteiger partial charge on any atom is 0.327 e. The lowest BCUT2D eigenvalue weighted by Crippen LogP contribution is -2.38. The van der Waals surface area contributed by atoms with E-state index in [2.05, 4.69) is 36.6 Å². The van der Waals surface area contributed by atoms with Crippen molar-refractivity contribution in [2.75, 3.05) is 6.54 Å². The van der Waals surface area contributed by atoms with Crippen molar-refractivity contribution >= 4 is 5.97 Å². The molecule has 152 valence electrons. The average Bonchev–Trinajstić information content (AvgIpc) is 3.01. The first kappa shape index (κ1) is 22.1. The molecule has 2 rings (SSSR count). The van der Waals surface area contributed by atoms with E-state index in [1.54, 1.807) is 0 Å². The number of ether oxygens (including phenoxy) is 1. The summed E-state index contributed by atoms with van der Waals surface area (Å²) in [5.74, 6) is -0.363. The molecular formula is C24H34N2O2. The zero-order chi connectivity index (χ0) is 20.5. The monoisotopic (exact) mass is 382 g/mol. The highest BCUT2D eigenvalue weighted by atomic mass is 16.5. The van der Waals surface area contributed by atoms with Gasteiger partial charge >= 0.3 is 5.97 Å². The molecule has 4 heteroatoms. The summed E-state index contributed by atoms with van der Waals surface area (Å²) >= 11 is 0. The summed E-state index contributed by atoms with van der Waals surface area (Å²) < 4.78 is 5.68. The smallest absolute Gasteiger partial charge is 0.327 e. The number of likely N-dealkylation sites (tertiary alicyclic amines) is 1. The van der Waals surface area contributed by atoms with Crippen LogP contribution in [0, 0.1) is 0 Å². The first-order chi connectivity index (χ1) is 13.5. The van der Waals surface area contributed by atoms with E-state index in [1.165, 1.54) is 5.57 Å². The fourth-order valence-electron chi connectivity index (χ4n) is 3.90. The molecule has 4 unspecified atom stereocenters. The largest absolute Gasteiger partial charge is 0.461 e. The molecule has 4 atom stereocenters. The number of hydrogen-bond donors (Lipinski definition) is 1. The molecule has 0 aliphatic carbocycles. The molecule has 1 saturated heterocycles. The van der Waals surface area contributed by atoms with Gasteiger partial charge in [-0.05, 0) is 51.2 Å². The minimum absolute atomic E-state index is 0.173. The molecule has 1 aliphatic rings. The van der Waals surface area contributed by atoms with Crippen LogP contribution in [-0.4, -0.2) is 35.6 Å². The van der Waals surface area contributed by atoms with Gasteiger partial charge in [0.2, 0.25) is 0 Å². The summed E-state index contributed by atoms with van der Waals surface area (Å²) in [6.07, 6.45) is 11.0. The molecule has 1 fully saturated rings. The van der Waals surface area contributed by atoms with Crippen molar-refractivity contribution in [2.24, 2.45) is 5.73 Å². The van der Waals surface area contributed by atoms with Crippen LogP contribution in [0.2, 0.25) is 0 Å². The molecule has 1 heterocycles. The summed E-state index contributed by atoms with van der Waals surface area (Å²) in [7, 11) is 0. The Labute approximate surface area is 169 Å². The third kappa shape index (κ3) is 6.18. The van der Waals surface area contributed by atoms with Crippen LogP contribution in [0.15, 0.2) is 66.8 Å². The third-order valence-corrected chi connectivity index (χ3v) is 5.36. The van der Waals surface area contributed by atoms with Gasteiger partial charge in [0.05, 0.1) is 0 Å². The van der Waals surface area contributed by atoms with Crippen LogP contribution in [0.5, 0.6) is 0 Å². The molecule has 0 radical (unpaired) electrons. The lowest BCUT2D eigenvalue weighted by atomic mass is 10.1. The van der Waals surface area contributed by atoms with Gasteiger partial charge in [0.15, 0.2) is 0 Å². The van der Waals surface area contributed by atoms with E-state index in [9.17, 15) is 4.79 Å². The molecule has 1 aromatic rings. The van der Waals surface area contributed by atoms with Gasteiger partial charge in [0.1, 0.15) is 12.1 Å². The van der Waals surface area contributed by atoms with E-state index in [0.717, 1.165) is 31.4 Å². The minimum atomic E-state index is -0.737. The molecule has 28 heavy (non-hydrogen) atoms. The van der Waals surface area contributed by atoms with E-state index < -0.39 is 6.04 Å². The molecule has 1 aliphatic heterocycles. The van der Waals surface area contributed by atoms with Crippen LogP contribution >= 0.6 is 0 Å². The van der Waals surface area contributed by atoms with Crippen molar-refractivity contribution in [3.8, 4) is 0 Å². The molecule has 0 amide bonds. The molecule has 0 spiro atoms. The van der Waals surface area contributed by atoms with E-state index in [0.29, 0.717) is 12.1 Å². The Morgan fingerprint density at radius 2 is 2.07 bits per heavy atom. The van der Waals surface area contributed by atoms with Gasteiger partial charge in [-0.2, -0.15) is 0 Å². The SMILES string of the molecule is C=C/C=C(\C=C/C)CN1C(C)CCC1CC(C)OC(=O)C(N)c1ccccc1. The van der Waals surface area contributed by atoms with Crippen molar-refractivity contribution in [3.05, 3.63) is 72.4 Å². The number of benzene rings is 1. The standard InChI is InChI=1S/C24H34N2O2/c1-5-10-20(11-6-2)17-26-18(3)14-15-22(26)16-19(4)28-24(27)23(25)21-12-8-7-9-13-21/h5-13,18-19,22-23H,1,14-17,25H2,2-4H3/b11-6-,20-10+. The van der Waals surface area contributed by atoms with Crippen molar-refractivity contribution in [3.63, 3.8) is 0 Å². The van der Waals surface area contributed by atoms with Gasteiger partial charge in [-0.1, -0.05) is 61.2 Å². The first-order valence-electron chi connectivity index (χ1n) is 10.2. The molecule has 0 bridgehead atoms. The lowest BCUT2D eigenvalue weighted by molar-refractivity contribution is -0.150. The number of hydrogen-bond acceptors (Lipinski definition) is 4. The van der Waals surface area contributed by atoms with Crippen LogP contribution in [0.3, 0.4) is 0 Å². The zero-order valence-corrected chi connectivity index (χ0v) is 17.4. The Balaban J connectivity index is 1.95. The van der Waals surface area contributed by atoms with Crippen LogP contribution < -0.4 is 5.73 Å². The topological polar surface area (TPSA) is 55.6 Å². The quantitative estimate of drug-likeness (QED) is 0.503. The van der Waals surface area contributed by atoms with Crippen LogP contribution in [-0.2, 0) is 9.53 Å². The Kier molecular flexibility index (Phi) is 8.68.